The Balaban J connectivity index is 1.62. The molecule has 118 valence electrons. The number of hydrogen-bond donors (Lipinski definition) is 1. The maximum absolute atomic E-state index is 12.1. The lowest BCUT2D eigenvalue weighted by atomic mass is 10.2. The first kappa shape index (κ1) is 14.6. The van der Waals surface area contributed by atoms with Crippen LogP contribution in [0, 0.1) is 0 Å². The minimum atomic E-state index is -0.336. The summed E-state index contributed by atoms with van der Waals surface area (Å²) in [5, 5.41) is 2.78. The summed E-state index contributed by atoms with van der Waals surface area (Å²) in [6.45, 7) is 0. The van der Waals surface area contributed by atoms with Crippen molar-refractivity contribution < 1.29 is 13.6 Å². The van der Waals surface area contributed by atoms with Gasteiger partial charge < -0.3 is 14.2 Å². The standard InChI is InChI=1S/C17H10BrN3O3/c18-14-7-6-13(23-14)16(22)20-11-4-1-3-10(9-11)17-21-15-12(24-17)5-2-8-19-15/h1-9H,(H,20,22). The van der Waals surface area contributed by atoms with E-state index in [4.69, 9.17) is 8.83 Å². The van der Waals surface area contributed by atoms with Crippen LogP contribution in [0.15, 0.2) is 68.2 Å². The van der Waals surface area contributed by atoms with E-state index in [0.717, 1.165) is 5.56 Å². The monoisotopic (exact) mass is 383 g/mol. The number of amides is 1. The zero-order valence-electron chi connectivity index (χ0n) is 12.2. The van der Waals surface area contributed by atoms with Crippen LogP contribution >= 0.6 is 15.9 Å². The van der Waals surface area contributed by atoms with Gasteiger partial charge in [0.15, 0.2) is 21.7 Å². The molecule has 4 aromatic rings. The first-order chi connectivity index (χ1) is 11.7. The molecule has 0 unspecified atom stereocenters. The quantitative estimate of drug-likeness (QED) is 0.563. The van der Waals surface area contributed by atoms with Gasteiger partial charge in [0.25, 0.3) is 5.91 Å². The van der Waals surface area contributed by atoms with Crippen molar-refractivity contribution in [3.05, 3.63) is 65.2 Å². The summed E-state index contributed by atoms with van der Waals surface area (Å²) in [6, 6.07) is 14.1. The molecule has 1 aromatic carbocycles. The van der Waals surface area contributed by atoms with Gasteiger partial charge >= 0.3 is 0 Å². The Morgan fingerprint density at radius 3 is 2.79 bits per heavy atom. The lowest BCUT2D eigenvalue weighted by Crippen LogP contribution is -2.10. The fourth-order valence-corrected chi connectivity index (χ4v) is 2.56. The molecule has 3 heterocycles. The second-order valence-corrected chi connectivity index (χ2v) is 5.76. The van der Waals surface area contributed by atoms with E-state index in [1.54, 1.807) is 42.6 Å². The normalized spacial score (nSPS) is 10.9. The van der Waals surface area contributed by atoms with Gasteiger partial charge in [-0.05, 0) is 58.4 Å². The van der Waals surface area contributed by atoms with Gasteiger partial charge in [-0.3, -0.25) is 4.79 Å². The fourth-order valence-electron chi connectivity index (χ4n) is 2.25. The number of furan rings is 1. The van der Waals surface area contributed by atoms with Crippen molar-refractivity contribution in [2.45, 2.75) is 0 Å². The molecule has 0 saturated carbocycles. The summed E-state index contributed by atoms with van der Waals surface area (Å²) < 4.78 is 11.4. The smallest absolute Gasteiger partial charge is 0.291 e. The number of anilines is 1. The van der Waals surface area contributed by atoms with Crippen LogP contribution in [0.25, 0.3) is 22.7 Å². The van der Waals surface area contributed by atoms with Crippen molar-refractivity contribution in [3.8, 4) is 11.5 Å². The van der Waals surface area contributed by atoms with Crippen LogP contribution in [0.2, 0.25) is 0 Å². The molecule has 0 aliphatic heterocycles. The zero-order valence-corrected chi connectivity index (χ0v) is 13.8. The number of rotatable bonds is 3. The maximum atomic E-state index is 12.1. The van der Waals surface area contributed by atoms with Crippen molar-refractivity contribution in [2.75, 3.05) is 5.32 Å². The van der Waals surface area contributed by atoms with Crippen LogP contribution in [-0.4, -0.2) is 15.9 Å². The maximum Gasteiger partial charge on any atom is 0.291 e. The Morgan fingerprint density at radius 2 is 2.00 bits per heavy atom. The van der Waals surface area contributed by atoms with Crippen LogP contribution in [0.1, 0.15) is 10.6 Å². The lowest BCUT2D eigenvalue weighted by molar-refractivity contribution is 0.0995. The fraction of sp³-hybridized carbons (Fsp3) is 0. The molecule has 0 aliphatic rings. The Labute approximate surface area is 144 Å². The molecule has 3 aromatic heterocycles. The van der Waals surface area contributed by atoms with Crippen molar-refractivity contribution in [3.63, 3.8) is 0 Å². The summed E-state index contributed by atoms with van der Waals surface area (Å²) in [5.41, 5.74) is 2.51. The average Bonchev–Trinajstić information content (AvgIpc) is 3.21. The van der Waals surface area contributed by atoms with E-state index >= 15 is 0 Å². The van der Waals surface area contributed by atoms with E-state index in [9.17, 15) is 4.79 Å². The molecule has 0 bridgehead atoms. The number of carbonyl (C=O) groups is 1. The number of oxazole rings is 1. The SMILES string of the molecule is O=C(Nc1cccc(-c2nc3ncccc3o2)c1)c1ccc(Br)o1. The van der Waals surface area contributed by atoms with Gasteiger partial charge in [0.05, 0.1) is 0 Å². The molecule has 4 rings (SSSR count). The van der Waals surface area contributed by atoms with Crippen LogP contribution in [0.5, 0.6) is 0 Å². The summed E-state index contributed by atoms with van der Waals surface area (Å²) in [6.07, 6.45) is 1.66. The average molecular weight is 384 g/mol. The van der Waals surface area contributed by atoms with E-state index < -0.39 is 0 Å². The van der Waals surface area contributed by atoms with Crippen LogP contribution in [0.3, 0.4) is 0 Å². The molecule has 7 heteroatoms. The van der Waals surface area contributed by atoms with E-state index in [1.165, 1.54) is 0 Å². The zero-order chi connectivity index (χ0) is 16.5. The highest BCUT2D eigenvalue weighted by atomic mass is 79.9. The third-order valence-electron chi connectivity index (χ3n) is 3.33. The highest BCUT2D eigenvalue weighted by molar-refractivity contribution is 9.10. The van der Waals surface area contributed by atoms with Crippen molar-refractivity contribution >= 4 is 38.8 Å². The minimum Gasteiger partial charge on any atom is -0.444 e. The predicted octanol–water partition coefficient (Wildman–Crippen LogP) is 4.50. The second kappa shape index (κ2) is 5.93. The molecule has 0 spiro atoms. The summed E-state index contributed by atoms with van der Waals surface area (Å²) in [4.78, 5) is 20.6. The Morgan fingerprint density at radius 1 is 1.08 bits per heavy atom. The number of pyridine rings is 1. The van der Waals surface area contributed by atoms with Crippen molar-refractivity contribution in [2.24, 2.45) is 0 Å². The van der Waals surface area contributed by atoms with Crippen molar-refractivity contribution in [1.29, 1.82) is 0 Å². The Bertz CT molecular complexity index is 1010. The third kappa shape index (κ3) is 2.81. The summed E-state index contributed by atoms with van der Waals surface area (Å²) in [5.74, 6) is 0.330. The number of nitrogens with one attached hydrogen (secondary N) is 1. The number of nitrogens with zero attached hydrogens (tertiary/aromatic N) is 2. The molecule has 0 saturated heterocycles. The highest BCUT2D eigenvalue weighted by Crippen LogP contribution is 2.25. The molecular formula is C17H10BrN3O3. The molecule has 1 amide bonds. The van der Waals surface area contributed by atoms with Gasteiger partial charge in [0.1, 0.15) is 0 Å². The van der Waals surface area contributed by atoms with E-state index in [2.05, 4.69) is 31.2 Å². The van der Waals surface area contributed by atoms with Gasteiger partial charge in [0.2, 0.25) is 5.89 Å². The first-order valence-corrected chi connectivity index (χ1v) is 7.87. The molecule has 0 aliphatic carbocycles. The number of benzene rings is 1. The van der Waals surface area contributed by atoms with Crippen LogP contribution in [-0.2, 0) is 0 Å². The van der Waals surface area contributed by atoms with E-state index in [1.807, 2.05) is 12.1 Å². The lowest BCUT2D eigenvalue weighted by Gasteiger charge is -2.04. The van der Waals surface area contributed by atoms with Crippen LogP contribution < -0.4 is 5.32 Å². The summed E-state index contributed by atoms with van der Waals surface area (Å²) >= 11 is 3.17. The highest BCUT2D eigenvalue weighted by Gasteiger charge is 2.13. The number of aromatic nitrogens is 2. The molecule has 24 heavy (non-hydrogen) atoms. The second-order valence-electron chi connectivity index (χ2n) is 4.98. The first-order valence-electron chi connectivity index (χ1n) is 7.08. The molecule has 1 N–H and O–H groups in total. The molecule has 0 atom stereocenters. The Hall–Kier alpha value is -2.93. The number of halogens is 1. The molecule has 6 nitrogen and oxygen atoms in total. The topological polar surface area (TPSA) is 81.2 Å². The summed E-state index contributed by atoms with van der Waals surface area (Å²) in [7, 11) is 0. The minimum absolute atomic E-state index is 0.221. The molecule has 0 fully saturated rings. The van der Waals surface area contributed by atoms with Gasteiger partial charge in [0, 0.05) is 17.4 Å². The number of fused-ring (bicyclic) bond motifs is 1. The van der Waals surface area contributed by atoms with Gasteiger partial charge in [-0.15, -0.1) is 0 Å². The van der Waals surface area contributed by atoms with E-state index in [-0.39, 0.29) is 11.7 Å². The van der Waals surface area contributed by atoms with Gasteiger partial charge in [-0.1, -0.05) is 6.07 Å². The third-order valence-corrected chi connectivity index (χ3v) is 3.76. The van der Waals surface area contributed by atoms with Crippen LogP contribution in [0.4, 0.5) is 5.69 Å². The molecule has 0 radical (unpaired) electrons. The Kier molecular flexibility index (Phi) is 3.62. The van der Waals surface area contributed by atoms with E-state index in [0.29, 0.717) is 27.5 Å². The number of carbonyl (C=O) groups excluding carboxylic acids is 1. The van der Waals surface area contributed by atoms with Gasteiger partial charge in [-0.25, -0.2) is 4.98 Å². The van der Waals surface area contributed by atoms with Crippen molar-refractivity contribution in [1.82, 2.24) is 9.97 Å². The number of hydrogen-bond acceptors (Lipinski definition) is 5. The largest absolute Gasteiger partial charge is 0.444 e. The predicted molar refractivity (Wildman–Crippen MR) is 91.6 cm³/mol. The van der Waals surface area contributed by atoms with Gasteiger partial charge in [-0.2, -0.15) is 4.98 Å². The molecular weight excluding hydrogens is 374 g/mol.